The Balaban J connectivity index is 2.27. The average Bonchev–Trinajstić information content (AvgIpc) is 2.41. The number of benzene rings is 1. The summed E-state index contributed by atoms with van der Waals surface area (Å²) in [6.45, 7) is 1.77. The van der Waals surface area contributed by atoms with Gasteiger partial charge in [-0.2, -0.15) is 0 Å². The number of carbonyl (C=O) groups is 2. The summed E-state index contributed by atoms with van der Waals surface area (Å²) in [4.78, 5) is 27.0. The number of rotatable bonds is 3. The molecule has 0 aliphatic rings. The highest BCUT2D eigenvalue weighted by Gasteiger charge is 2.13. The number of aromatic carboxylic acids is 1. The van der Waals surface area contributed by atoms with Gasteiger partial charge >= 0.3 is 5.97 Å². The number of hydrogen-bond acceptors (Lipinski definition) is 3. The molecule has 2 N–H and O–H groups in total. The Morgan fingerprint density at radius 3 is 2.70 bits per heavy atom. The minimum atomic E-state index is -1.15. The van der Waals surface area contributed by atoms with E-state index in [1.165, 1.54) is 24.4 Å². The minimum absolute atomic E-state index is 0.0674. The SMILES string of the molecule is Cc1cccnc1C(=O)Nc1ccc(Cl)c(C(=O)O)c1. The van der Waals surface area contributed by atoms with Crippen molar-refractivity contribution in [1.29, 1.82) is 0 Å². The van der Waals surface area contributed by atoms with E-state index in [9.17, 15) is 9.59 Å². The second-order valence-electron chi connectivity index (χ2n) is 4.12. The number of nitrogens with one attached hydrogen (secondary N) is 1. The first-order valence-electron chi connectivity index (χ1n) is 5.75. The normalized spacial score (nSPS) is 10.1. The molecule has 2 rings (SSSR count). The van der Waals surface area contributed by atoms with Crippen LogP contribution in [0.3, 0.4) is 0 Å². The summed E-state index contributed by atoms with van der Waals surface area (Å²) < 4.78 is 0. The van der Waals surface area contributed by atoms with E-state index in [-0.39, 0.29) is 10.6 Å². The van der Waals surface area contributed by atoms with Crippen LogP contribution in [0.25, 0.3) is 0 Å². The van der Waals surface area contributed by atoms with Gasteiger partial charge in [0, 0.05) is 11.9 Å². The van der Waals surface area contributed by atoms with Gasteiger partial charge in [0.2, 0.25) is 0 Å². The summed E-state index contributed by atoms with van der Waals surface area (Å²) in [5.41, 5.74) is 1.31. The molecule has 0 aliphatic heterocycles. The zero-order chi connectivity index (χ0) is 14.7. The first kappa shape index (κ1) is 14.0. The predicted molar refractivity (Wildman–Crippen MR) is 75.3 cm³/mol. The third-order valence-corrected chi connectivity index (χ3v) is 3.01. The smallest absolute Gasteiger partial charge is 0.337 e. The molecule has 0 atom stereocenters. The number of pyridine rings is 1. The van der Waals surface area contributed by atoms with Gasteiger partial charge in [0.1, 0.15) is 5.69 Å². The van der Waals surface area contributed by atoms with Crippen molar-refractivity contribution in [2.45, 2.75) is 6.92 Å². The number of halogens is 1. The molecular weight excluding hydrogens is 280 g/mol. The molecule has 0 spiro atoms. The summed E-state index contributed by atoms with van der Waals surface area (Å²) in [6, 6.07) is 7.76. The highest BCUT2D eigenvalue weighted by Crippen LogP contribution is 2.21. The van der Waals surface area contributed by atoms with Gasteiger partial charge in [0.25, 0.3) is 5.91 Å². The van der Waals surface area contributed by atoms with Gasteiger partial charge in [-0.05, 0) is 36.8 Å². The molecule has 0 bridgehead atoms. The van der Waals surface area contributed by atoms with Crippen LogP contribution in [0.4, 0.5) is 5.69 Å². The predicted octanol–water partition coefficient (Wildman–Crippen LogP) is 2.99. The maximum absolute atomic E-state index is 12.0. The Labute approximate surface area is 120 Å². The third kappa shape index (κ3) is 2.95. The fraction of sp³-hybridized carbons (Fsp3) is 0.0714. The van der Waals surface area contributed by atoms with Gasteiger partial charge in [-0.1, -0.05) is 17.7 Å². The fourth-order valence-corrected chi connectivity index (χ4v) is 1.88. The molecule has 1 amide bonds. The molecule has 2 aromatic rings. The van der Waals surface area contributed by atoms with Crippen molar-refractivity contribution in [3.8, 4) is 0 Å². The molecule has 1 aromatic heterocycles. The summed E-state index contributed by atoms with van der Waals surface area (Å²) in [6.07, 6.45) is 1.52. The molecule has 102 valence electrons. The van der Waals surface area contributed by atoms with E-state index in [0.29, 0.717) is 11.4 Å². The maximum Gasteiger partial charge on any atom is 0.337 e. The topological polar surface area (TPSA) is 79.3 Å². The van der Waals surface area contributed by atoms with Crippen molar-refractivity contribution in [3.63, 3.8) is 0 Å². The first-order chi connectivity index (χ1) is 9.49. The summed E-state index contributed by atoms with van der Waals surface area (Å²) in [5, 5.41) is 11.7. The number of nitrogens with zero attached hydrogens (tertiary/aromatic N) is 1. The van der Waals surface area contributed by atoms with Crippen molar-refractivity contribution >= 4 is 29.2 Å². The van der Waals surface area contributed by atoms with Crippen molar-refractivity contribution in [3.05, 3.63) is 58.4 Å². The molecule has 5 nitrogen and oxygen atoms in total. The molecule has 6 heteroatoms. The lowest BCUT2D eigenvalue weighted by Gasteiger charge is -2.08. The lowest BCUT2D eigenvalue weighted by atomic mass is 10.1. The number of carboxylic acids is 1. The van der Waals surface area contributed by atoms with E-state index < -0.39 is 11.9 Å². The molecule has 1 heterocycles. The van der Waals surface area contributed by atoms with Crippen LogP contribution >= 0.6 is 11.6 Å². The highest BCUT2D eigenvalue weighted by molar-refractivity contribution is 6.33. The number of aromatic nitrogens is 1. The van der Waals surface area contributed by atoms with Crippen molar-refractivity contribution < 1.29 is 14.7 Å². The van der Waals surface area contributed by atoms with Gasteiger partial charge in [-0.15, -0.1) is 0 Å². The summed E-state index contributed by atoms with van der Waals surface area (Å²) >= 11 is 5.76. The first-order valence-corrected chi connectivity index (χ1v) is 6.12. The number of carboxylic acid groups (broad SMARTS) is 1. The summed E-state index contributed by atoms with van der Waals surface area (Å²) in [7, 11) is 0. The van der Waals surface area contributed by atoms with E-state index in [1.54, 1.807) is 19.1 Å². The van der Waals surface area contributed by atoms with E-state index in [2.05, 4.69) is 10.3 Å². The average molecular weight is 291 g/mol. The van der Waals surface area contributed by atoms with Gasteiger partial charge < -0.3 is 10.4 Å². The third-order valence-electron chi connectivity index (χ3n) is 2.68. The zero-order valence-corrected chi connectivity index (χ0v) is 11.3. The van der Waals surface area contributed by atoms with Crippen LogP contribution < -0.4 is 5.32 Å². The zero-order valence-electron chi connectivity index (χ0n) is 10.6. The number of anilines is 1. The monoisotopic (exact) mass is 290 g/mol. The maximum atomic E-state index is 12.0. The molecule has 0 radical (unpaired) electrons. The second kappa shape index (κ2) is 5.71. The van der Waals surface area contributed by atoms with Crippen LogP contribution in [0.1, 0.15) is 26.4 Å². The van der Waals surface area contributed by atoms with Gasteiger partial charge in [0.15, 0.2) is 0 Å². The van der Waals surface area contributed by atoms with E-state index in [4.69, 9.17) is 16.7 Å². The molecule has 0 unspecified atom stereocenters. The van der Waals surface area contributed by atoms with E-state index in [1.807, 2.05) is 0 Å². The molecule has 0 saturated carbocycles. The molecular formula is C14H11ClN2O3. The van der Waals surface area contributed by atoms with Crippen LogP contribution in [0, 0.1) is 6.92 Å². The van der Waals surface area contributed by atoms with Crippen LogP contribution in [-0.4, -0.2) is 22.0 Å². The Hall–Kier alpha value is -2.40. The largest absolute Gasteiger partial charge is 0.478 e. The van der Waals surface area contributed by atoms with E-state index in [0.717, 1.165) is 5.56 Å². The number of aryl methyl sites for hydroxylation is 1. The van der Waals surface area contributed by atoms with Gasteiger partial charge in [-0.25, -0.2) is 4.79 Å². The Bertz CT molecular complexity index is 686. The number of amides is 1. The molecule has 1 aromatic carbocycles. The standard InChI is InChI=1S/C14H11ClN2O3/c1-8-3-2-6-16-12(8)13(18)17-9-4-5-11(15)10(7-9)14(19)20/h2-7H,1H3,(H,17,18)(H,19,20). The molecule has 0 fully saturated rings. The van der Waals surface area contributed by atoms with Gasteiger partial charge in [-0.3, -0.25) is 9.78 Å². The van der Waals surface area contributed by atoms with Gasteiger partial charge in [0.05, 0.1) is 10.6 Å². The lowest BCUT2D eigenvalue weighted by molar-refractivity contribution is 0.0696. The quantitative estimate of drug-likeness (QED) is 0.911. The van der Waals surface area contributed by atoms with Crippen molar-refractivity contribution in [1.82, 2.24) is 4.98 Å². The van der Waals surface area contributed by atoms with E-state index >= 15 is 0 Å². The van der Waals surface area contributed by atoms with Crippen molar-refractivity contribution in [2.24, 2.45) is 0 Å². The molecule has 0 saturated heterocycles. The number of carbonyl (C=O) groups excluding carboxylic acids is 1. The molecule has 0 aliphatic carbocycles. The van der Waals surface area contributed by atoms with Crippen LogP contribution in [0.5, 0.6) is 0 Å². The Morgan fingerprint density at radius 1 is 1.30 bits per heavy atom. The van der Waals surface area contributed by atoms with Crippen LogP contribution in [0.2, 0.25) is 5.02 Å². The Kier molecular flexibility index (Phi) is 4.00. The van der Waals surface area contributed by atoms with Crippen molar-refractivity contribution in [2.75, 3.05) is 5.32 Å². The fourth-order valence-electron chi connectivity index (χ4n) is 1.68. The Morgan fingerprint density at radius 2 is 2.05 bits per heavy atom. The van der Waals surface area contributed by atoms with Crippen LogP contribution in [0.15, 0.2) is 36.5 Å². The second-order valence-corrected chi connectivity index (χ2v) is 4.53. The van der Waals surface area contributed by atoms with Crippen LogP contribution in [-0.2, 0) is 0 Å². The molecule has 20 heavy (non-hydrogen) atoms. The number of hydrogen-bond donors (Lipinski definition) is 2. The highest BCUT2D eigenvalue weighted by atomic mass is 35.5. The summed E-state index contributed by atoms with van der Waals surface area (Å²) in [5.74, 6) is -1.55. The lowest BCUT2D eigenvalue weighted by Crippen LogP contribution is -2.15. The minimum Gasteiger partial charge on any atom is -0.478 e.